The van der Waals surface area contributed by atoms with Crippen molar-refractivity contribution < 1.29 is 9.53 Å². The lowest BCUT2D eigenvalue weighted by atomic mass is 10.0. The van der Waals surface area contributed by atoms with Gasteiger partial charge in [-0.15, -0.1) is 11.8 Å². The average Bonchev–Trinajstić information content (AvgIpc) is 2.71. The van der Waals surface area contributed by atoms with Crippen LogP contribution in [0, 0.1) is 12.8 Å². The molecule has 1 aliphatic rings. The maximum Gasteiger partial charge on any atom is 0.235 e. The van der Waals surface area contributed by atoms with E-state index < -0.39 is 0 Å². The van der Waals surface area contributed by atoms with Gasteiger partial charge in [-0.2, -0.15) is 5.10 Å². The summed E-state index contributed by atoms with van der Waals surface area (Å²) in [6.07, 6.45) is 0. The third kappa shape index (κ3) is 3.29. The quantitative estimate of drug-likeness (QED) is 0.921. The van der Waals surface area contributed by atoms with Crippen LogP contribution in [0.5, 0.6) is 5.75 Å². The molecule has 0 aliphatic carbocycles. The van der Waals surface area contributed by atoms with Gasteiger partial charge in [-0.05, 0) is 18.9 Å². The van der Waals surface area contributed by atoms with Crippen LogP contribution in [0.4, 0.5) is 5.82 Å². The number of amides is 1. The molecule has 3 rings (SSSR count). The Morgan fingerprint density at radius 1 is 1.42 bits per heavy atom. The molecule has 24 heavy (non-hydrogen) atoms. The van der Waals surface area contributed by atoms with Crippen molar-refractivity contribution in [1.82, 2.24) is 9.78 Å². The minimum absolute atomic E-state index is 0.00679. The largest absolute Gasteiger partial charge is 0.493 e. The number of hydrogen-bond donors (Lipinski definition) is 1. The van der Waals surface area contributed by atoms with E-state index in [1.54, 1.807) is 16.4 Å². The zero-order valence-electron chi connectivity index (χ0n) is 14.5. The number of thioether (sulfide) groups is 1. The Labute approximate surface area is 146 Å². The first-order chi connectivity index (χ1) is 11.5. The van der Waals surface area contributed by atoms with Gasteiger partial charge in [0.1, 0.15) is 11.6 Å². The number of carbonyl (C=O) groups excluding carboxylic acids is 1. The molecule has 1 aliphatic heterocycles. The van der Waals surface area contributed by atoms with Gasteiger partial charge in [0.05, 0.1) is 23.3 Å². The zero-order chi connectivity index (χ0) is 17.3. The first-order valence-electron chi connectivity index (χ1n) is 8.14. The summed E-state index contributed by atoms with van der Waals surface area (Å²) >= 11 is 1.62. The molecule has 0 radical (unpaired) electrons. The van der Waals surface area contributed by atoms with Crippen molar-refractivity contribution in [3.05, 3.63) is 41.1 Å². The number of aromatic nitrogens is 2. The molecule has 0 saturated carbocycles. The van der Waals surface area contributed by atoms with E-state index in [0.29, 0.717) is 18.3 Å². The van der Waals surface area contributed by atoms with Crippen molar-refractivity contribution in [3.63, 3.8) is 0 Å². The van der Waals surface area contributed by atoms with E-state index in [-0.39, 0.29) is 11.2 Å². The zero-order valence-corrected chi connectivity index (χ0v) is 15.3. The third-order valence-corrected chi connectivity index (χ3v) is 5.20. The Morgan fingerprint density at radius 2 is 2.17 bits per heavy atom. The number of hydrogen-bond acceptors (Lipinski definition) is 4. The van der Waals surface area contributed by atoms with Crippen LogP contribution in [0.3, 0.4) is 0 Å². The molecule has 1 amide bonds. The highest BCUT2D eigenvalue weighted by atomic mass is 32.2. The van der Waals surface area contributed by atoms with Crippen LogP contribution in [0.2, 0.25) is 0 Å². The molecule has 6 heteroatoms. The Balaban J connectivity index is 2.05. The standard InChI is InChI=1S/C18H23N3O2S/c1-11(2)9-23-14-8-6-5-7-13(14)17-16-12(3)20-21(4)18(16)19-15(22)10-24-17/h5-8,11,17H,9-10H2,1-4H3,(H,19,22)/t17-/m1/s1. The molecule has 128 valence electrons. The summed E-state index contributed by atoms with van der Waals surface area (Å²) in [5, 5.41) is 7.50. The van der Waals surface area contributed by atoms with Crippen molar-refractivity contribution >= 4 is 23.5 Å². The van der Waals surface area contributed by atoms with Gasteiger partial charge in [0, 0.05) is 18.2 Å². The summed E-state index contributed by atoms with van der Waals surface area (Å²) in [4.78, 5) is 12.1. The van der Waals surface area contributed by atoms with Crippen LogP contribution >= 0.6 is 11.8 Å². The van der Waals surface area contributed by atoms with Gasteiger partial charge in [0.15, 0.2) is 0 Å². The summed E-state index contributed by atoms with van der Waals surface area (Å²) < 4.78 is 7.78. The van der Waals surface area contributed by atoms with Crippen molar-refractivity contribution in [3.8, 4) is 5.75 Å². The molecule has 1 N–H and O–H groups in total. The van der Waals surface area contributed by atoms with Crippen molar-refractivity contribution in [2.24, 2.45) is 13.0 Å². The monoisotopic (exact) mass is 345 g/mol. The van der Waals surface area contributed by atoms with Crippen LogP contribution in [-0.2, 0) is 11.8 Å². The van der Waals surface area contributed by atoms with E-state index in [4.69, 9.17) is 4.74 Å². The van der Waals surface area contributed by atoms with Gasteiger partial charge in [-0.25, -0.2) is 0 Å². The number of rotatable bonds is 4. The first kappa shape index (κ1) is 16.9. The van der Waals surface area contributed by atoms with Crippen molar-refractivity contribution in [2.75, 3.05) is 17.7 Å². The van der Waals surface area contributed by atoms with Crippen molar-refractivity contribution in [1.29, 1.82) is 0 Å². The summed E-state index contributed by atoms with van der Waals surface area (Å²) in [6, 6.07) is 8.09. The van der Waals surface area contributed by atoms with Crippen LogP contribution < -0.4 is 10.1 Å². The second kappa shape index (κ2) is 6.89. The molecule has 1 aromatic carbocycles. The fourth-order valence-corrected chi connectivity index (χ4v) is 4.09. The van der Waals surface area contributed by atoms with Crippen LogP contribution in [0.1, 0.15) is 35.9 Å². The number of ether oxygens (including phenoxy) is 1. The van der Waals surface area contributed by atoms with E-state index in [2.05, 4.69) is 30.3 Å². The Kier molecular flexibility index (Phi) is 4.85. The Hall–Kier alpha value is -1.95. The van der Waals surface area contributed by atoms with Gasteiger partial charge < -0.3 is 10.1 Å². The SMILES string of the molecule is Cc1nn(C)c2c1[C@@H](c1ccccc1OCC(C)C)SCC(=O)N2. The van der Waals surface area contributed by atoms with E-state index in [1.807, 2.05) is 32.2 Å². The van der Waals surface area contributed by atoms with E-state index in [9.17, 15) is 4.79 Å². The fraction of sp³-hybridized carbons (Fsp3) is 0.444. The summed E-state index contributed by atoms with van der Waals surface area (Å²) in [5.74, 6) is 2.54. The smallest absolute Gasteiger partial charge is 0.235 e. The molecule has 5 nitrogen and oxygen atoms in total. The molecule has 0 spiro atoms. The highest BCUT2D eigenvalue weighted by Crippen LogP contribution is 2.45. The third-order valence-electron chi connectivity index (χ3n) is 3.94. The van der Waals surface area contributed by atoms with Crippen LogP contribution in [-0.4, -0.2) is 28.0 Å². The highest BCUT2D eigenvalue weighted by Gasteiger charge is 2.31. The molecular formula is C18H23N3O2S. The van der Waals surface area contributed by atoms with Crippen molar-refractivity contribution in [2.45, 2.75) is 26.0 Å². The number of anilines is 1. The van der Waals surface area contributed by atoms with Gasteiger partial charge in [-0.3, -0.25) is 9.48 Å². The maximum atomic E-state index is 12.1. The second-order valence-corrected chi connectivity index (χ2v) is 7.55. The van der Waals surface area contributed by atoms with E-state index >= 15 is 0 Å². The van der Waals surface area contributed by atoms with Gasteiger partial charge in [0.25, 0.3) is 0 Å². The minimum Gasteiger partial charge on any atom is -0.493 e. The number of benzene rings is 1. The number of nitrogens with zero attached hydrogens (tertiary/aromatic N) is 2. The molecule has 0 bridgehead atoms. The molecule has 1 atom stereocenters. The molecule has 2 aromatic rings. The topological polar surface area (TPSA) is 56.2 Å². The van der Waals surface area contributed by atoms with E-state index in [0.717, 1.165) is 28.4 Å². The maximum absolute atomic E-state index is 12.1. The normalized spacial score (nSPS) is 17.4. The van der Waals surface area contributed by atoms with Crippen LogP contribution in [0.15, 0.2) is 24.3 Å². The summed E-state index contributed by atoms with van der Waals surface area (Å²) in [5.41, 5.74) is 3.09. The Morgan fingerprint density at radius 3 is 2.92 bits per heavy atom. The van der Waals surface area contributed by atoms with Gasteiger partial charge in [-0.1, -0.05) is 32.0 Å². The fourth-order valence-electron chi connectivity index (χ4n) is 2.88. The lowest BCUT2D eigenvalue weighted by Gasteiger charge is -2.20. The van der Waals surface area contributed by atoms with E-state index in [1.165, 1.54) is 0 Å². The molecule has 0 fully saturated rings. The molecule has 1 aromatic heterocycles. The molecule has 0 unspecified atom stereocenters. The number of nitrogens with one attached hydrogen (secondary N) is 1. The predicted octanol–water partition coefficient (Wildman–Crippen LogP) is 3.54. The van der Waals surface area contributed by atoms with Gasteiger partial charge >= 0.3 is 0 Å². The van der Waals surface area contributed by atoms with Crippen LogP contribution in [0.25, 0.3) is 0 Å². The molecule has 0 saturated heterocycles. The predicted molar refractivity (Wildman–Crippen MR) is 97.7 cm³/mol. The van der Waals surface area contributed by atoms with Gasteiger partial charge in [0.2, 0.25) is 5.91 Å². The second-order valence-electron chi connectivity index (χ2n) is 6.45. The minimum atomic E-state index is 0.00679. The number of aryl methyl sites for hydroxylation is 2. The average molecular weight is 345 g/mol. The molecule has 2 heterocycles. The first-order valence-corrected chi connectivity index (χ1v) is 9.19. The lowest BCUT2D eigenvalue weighted by Crippen LogP contribution is -2.15. The lowest BCUT2D eigenvalue weighted by molar-refractivity contribution is -0.113. The molecular weight excluding hydrogens is 322 g/mol. The number of para-hydroxylation sites is 1. The number of carbonyl (C=O) groups is 1. The number of fused-ring (bicyclic) bond motifs is 1. The Bertz CT molecular complexity index is 755. The highest BCUT2D eigenvalue weighted by molar-refractivity contribution is 8.00. The summed E-state index contributed by atoms with van der Waals surface area (Å²) in [7, 11) is 1.86. The summed E-state index contributed by atoms with van der Waals surface area (Å²) in [6.45, 7) is 6.93.